The highest BCUT2D eigenvalue weighted by atomic mass is 14.5. The van der Waals surface area contributed by atoms with Gasteiger partial charge in [0.05, 0.1) is 0 Å². The summed E-state index contributed by atoms with van der Waals surface area (Å²) in [6, 6.07) is 28.1. The molecule has 2 aliphatic carbocycles. The molecule has 4 aromatic rings. The Morgan fingerprint density at radius 1 is 0.756 bits per heavy atom. The van der Waals surface area contributed by atoms with Crippen LogP contribution in [0.3, 0.4) is 0 Å². The van der Waals surface area contributed by atoms with Crippen LogP contribution in [-0.4, -0.2) is 0 Å². The third-order valence-corrected chi connectivity index (χ3v) is 9.46. The standard InChI is InChI=1S/C41H44/c1-8-9-24-41(31-16-12-13-17-31,33-19-18-28-14-10-11-15-29(28)25-33)38-36-27-30-26-32(39(2,3)4)20-21-34(30)35(36)22-23-37(38)40(5,6)7/h8,10-16,18-23,25-26H,1,9,17,24,27H2,2-7H3. The molecular formula is C41H44. The predicted octanol–water partition coefficient (Wildman–Crippen LogP) is 11.1. The molecule has 0 heteroatoms. The van der Waals surface area contributed by atoms with Crippen LogP contribution < -0.4 is 0 Å². The Morgan fingerprint density at radius 3 is 2.17 bits per heavy atom. The molecule has 6 rings (SSSR count). The van der Waals surface area contributed by atoms with Crippen molar-refractivity contribution in [3.63, 3.8) is 0 Å². The first-order valence-corrected chi connectivity index (χ1v) is 15.3. The van der Waals surface area contributed by atoms with Crippen LogP contribution in [0.5, 0.6) is 0 Å². The summed E-state index contributed by atoms with van der Waals surface area (Å²) < 4.78 is 0. The van der Waals surface area contributed by atoms with Crippen molar-refractivity contribution in [1.82, 2.24) is 0 Å². The first-order valence-electron chi connectivity index (χ1n) is 15.3. The molecule has 0 aliphatic heterocycles. The largest absolute Gasteiger partial charge is 0.103 e. The van der Waals surface area contributed by atoms with E-state index in [1.165, 1.54) is 60.9 Å². The molecule has 1 atom stereocenters. The number of rotatable bonds is 6. The highest BCUT2D eigenvalue weighted by molar-refractivity contribution is 5.85. The Labute approximate surface area is 247 Å². The third-order valence-electron chi connectivity index (χ3n) is 9.46. The first-order chi connectivity index (χ1) is 19.5. The fourth-order valence-corrected chi connectivity index (χ4v) is 7.31. The lowest BCUT2D eigenvalue weighted by atomic mass is 9.60. The van der Waals surface area contributed by atoms with Crippen LogP contribution in [0.4, 0.5) is 0 Å². The van der Waals surface area contributed by atoms with Crippen molar-refractivity contribution in [2.75, 3.05) is 0 Å². The normalized spacial score (nSPS) is 15.9. The fourth-order valence-electron chi connectivity index (χ4n) is 7.31. The highest BCUT2D eigenvalue weighted by Crippen LogP contribution is 2.54. The van der Waals surface area contributed by atoms with Gasteiger partial charge in [-0.15, -0.1) is 6.58 Å². The van der Waals surface area contributed by atoms with E-state index in [0.29, 0.717) is 0 Å². The molecule has 0 heterocycles. The number of hydrogen-bond donors (Lipinski definition) is 0. The summed E-state index contributed by atoms with van der Waals surface area (Å²) in [7, 11) is 0. The average Bonchev–Trinajstić information content (AvgIpc) is 3.61. The van der Waals surface area contributed by atoms with E-state index in [4.69, 9.17) is 0 Å². The van der Waals surface area contributed by atoms with E-state index < -0.39 is 0 Å². The Kier molecular flexibility index (Phi) is 6.73. The number of allylic oxidation sites excluding steroid dienone is 5. The van der Waals surface area contributed by atoms with E-state index >= 15 is 0 Å². The molecule has 0 amide bonds. The Balaban J connectivity index is 1.69. The zero-order valence-electron chi connectivity index (χ0n) is 25.8. The number of benzene rings is 4. The molecule has 0 N–H and O–H groups in total. The predicted molar refractivity (Wildman–Crippen MR) is 178 cm³/mol. The SMILES string of the molecule is C=CCCC(C1=CC=CC1)(c1ccc2ccccc2c1)c1c(C(C)(C)C)ccc2c1Cc1cc(C(C)(C)C)ccc1-2. The van der Waals surface area contributed by atoms with Gasteiger partial charge in [-0.3, -0.25) is 0 Å². The van der Waals surface area contributed by atoms with Gasteiger partial charge >= 0.3 is 0 Å². The van der Waals surface area contributed by atoms with E-state index in [0.717, 1.165) is 25.7 Å². The van der Waals surface area contributed by atoms with Crippen molar-refractivity contribution in [2.45, 2.75) is 83.5 Å². The molecule has 41 heavy (non-hydrogen) atoms. The maximum atomic E-state index is 4.20. The summed E-state index contributed by atoms with van der Waals surface area (Å²) in [5, 5.41) is 2.60. The molecule has 0 saturated carbocycles. The van der Waals surface area contributed by atoms with Gasteiger partial charge in [0.2, 0.25) is 0 Å². The van der Waals surface area contributed by atoms with Crippen molar-refractivity contribution in [3.05, 3.63) is 143 Å². The lowest BCUT2D eigenvalue weighted by Crippen LogP contribution is -2.35. The summed E-state index contributed by atoms with van der Waals surface area (Å²) in [4.78, 5) is 0. The maximum Gasteiger partial charge on any atom is 0.0426 e. The van der Waals surface area contributed by atoms with Crippen LogP contribution in [0.2, 0.25) is 0 Å². The van der Waals surface area contributed by atoms with Crippen LogP contribution in [0.1, 0.15) is 94.2 Å². The third kappa shape index (κ3) is 4.62. The van der Waals surface area contributed by atoms with E-state index in [1.807, 2.05) is 0 Å². The lowest BCUT2D eigenvalue weighted by Gasteiger charge is -2.42. The summed E-state index contributed by atoms with van der Waals surface area (Å²) in [6.07, 6.45) is 13.1. The molecular weight excluding hydrogens is 492 g/mol. The molecule has 0 saturated heterocycles. The quantitative estimate of drug-likeness (QED) is 0.189. The van der Waals surface area contributed by atoms with E-state index in [2.05, 4.69) is 145 Å². The molecule has 0 spiro atoms. The molecule has 2 aliphatic rings. The summed E-state index contributed by atoms with van der Waals surface area (Å²) in [6.45, 7) is 18.3. The minimum Gasteiger partial charge on any atom is -0.103 e. The van der Waals surface area contributed by atoms with Gasteiger partial charge in [0, 0.05) is 5.41 Å². The summed E-state index contributed by atoms with van der Waals surface area (Å²) >= 11 is 0. The van der Waals surface area contributed by atoms with Gasteiger partial charge in [0.1, 0.15) is 0 Å². The van der Waals surface area contributed by atoms with Crippen LogP contribution in [-0.2, 0) is 22.7 Å². The van der Waals surface area contributed by atoms with E-state index in [-0.39, 0.29) is 16.2 Å². The van der Waals surface area contributed by atoms with Crippen molar-refractivity contribution < 1.29 is 0 Å². The molecule has 0 radical (unpaired) electrons. The summed E-state index contributed by atoms with van der Waals surface area (Å²) in [5.74, 6) is 0. The lowest BCUT2D eigenvalue weighted by molar-refractivity contribution is 0.508. The smallest absolute Gasteiger partial charge is 0.0426 e. The zero-order chi connectivity index (χ0) is 29.0. The number of hydrogen-bond acceptors (Lipinski definition) is 0. The van der Waals surface area contributed by atoms with Gasteiger partial charge in [-0.2, -0.15) is 0 Å². The van der Waals surface area contributed by atoms with Crippen LogP contribution >= 0.6 is 0 Å². The van der Waals surface area contributed by atoms with E-state index in [1.54, 1.807) is 0 Å². The Bertz CT molecular complexity index is 1710. The van der Waals surface area contributed by atoms with Crippen LogP contribution in [0.15, 0.2) is 109 Å². The molecule has 0 bridgehead atoms. The second kappa shape index (κ2) is 10.0. The van der Waals surface area contributed by atoms with Crippen molar-refractivity contribution in [1.29, 1.82) is 0 Å². The highest BCUT2D eigenvalue weighted by Gasteiger charge is 2.44. The average molecular weight is 537 g/mol. The fraction of sp³-hybridized carbons (Fsp3) is 0.317. The minimum atomic E-state index is -0.245. The molecule has 0 aromatic heterocycles. The van der Waals surface area contributed by atoms with Gasteiger partial charge in [-0.25, -0.2) is 0 Å². The monoisotopic (exact) mass is 536 g/mol. The second-order valence-corrected chi connectivity index (χ2v) is 14.2. The van der Waals surface area contributed by atoms with Gasteiger partial charge in [-0.1, -0.05) is 138 Å². The van der Waals surface area contributed by atoms with E-state index in [9.17, 15) is 0 Å². The maximum absolute atomic E-state index is 4.20. The van der Waals surface area contributed by atoms with Gasteiger partial charge in [0.25, 0.3) is 0 Å². The molecule has 0 fully saturated rings. The second-order valence-electron chi connectivity index (χ2n) is 14.2. The van der Waals surface area contributed by atoms with Crippen molar-refractivity contribution in [2.24, 2.45) is 0 Å². The van der Waals surface area contributed by atoms with Crippen LogP contribution in [0.25, 0.3) is 21.9 Å². The Morgan fingerprint density at radius 2 is 1.49 bits per heavy atom. The Hall–Kier alpha value is -3.64. The topological polar surface area (TPSA) is 0 Å². The molecule has 4 aromatic carbocycles. The first kappa shape index (κ1) is 27.5. The summed E-state index contributed by atoms with van der Waals surface area (Å²) in [5.41, 5.74) is 13.0. The number of fused-ring (bicyclic) bond motifs is 4. The van der Waals surface area contributed by atoms with Gasteiger partial charge < -0.3 is 0 Å². The molecule has 208 valence electrons. The van der Waals surface area contributed by atoms with Crippen molar-refractivity contribution in [3.8, 4) is 11.1 Å². The molecule has 1 unspecified atom stereocenters. The van der Waals surface area contributed by atoms with Crippen LogP contribution in [0, 0.1) is 0 Å². The minimum absolute atomic E-state index is 0.00141. The molecule has 0 nitrogen and oxygen atoms in total. The van der Waals surface area contributed by atoms with Crippen molar-refractivity contribution >= 4 is 10.8 Å². The van der Waals surface area contributed by atoms with Gasteiger partial charge in [-0.05, 0) is 97.9 Å². The zero-order valence-corrected chi connectivity index (χ0v) is 25.8. The van der Waals surface area contributed by atoms with Gasteiger partial charge in [0.15, 0.2) is 0 Å².